The number of thiol groups is 1. The summed E-state index contributed by atoms with van der Waals surface area (Å²) in [7, 11) is 2.11. The number of hydrogen-bond acceptors (Lipinski definition) is 2. The first-order chi connectivity index (χ1) is 7.79. The van der Waals surface area contributed by atoms with Crippen LogP contribution in [-0.4, -0.2) is 0 Å². The number of hydrogen-bond donors (Lipinski definition) is 2. The summed E-state index contributed by atoms with van der Waals surface area (Å²) in [4.78, 5) is 0. The van der Waals surface area contributed by atoms with Gasteiger partial charge in [-0.25, -0.2) is 0 Å². The molecule has 1 aromatic rings. The van der Waals surface area contributed by atoms with E-state index in [1.54, 1.807) is 0 Å². The maximum absolute atomic E-state index is 6.05. The molecule has 0 spiro atoms. The number of nitrogens with two attached hydrogens (primary N) is 1. The third kappa shape index (κ3) is 4.25. The van der Waals surface area contributed by atoms with Crippen molar-refractivity contribution in [1.29, 1.82) is 0 Å². The predicted octanol–water partition coefficient (Wildman–Crippen LogP) is 4.41. The number of benzene rings is 1. The Bertz CT molecular complexity index is 307. The fourth-order valence-corrected chi connectivity index (χ4v) is 2.12. The van der Waals surface area contributed by atoms with Crippen LogP contribution in [0, 0.1) is 0 Å². The Hall–Kier alpha value is 0.250. The quantitative estimate of drug-likeness (QED) is 0.533. The van der Waals surface area contributed by atoms with E-state index in [4.69, 9.17) is 17.3 Å². The minimum Gasteiger partial charge on any atom is -0.324 e. The van der Waals surface area contributed by atoms with E-state index in [1.807, 2.05) is 26.0 Å². The topological polar surface area (TPSA) is 26.0 Å². The van der Waals surface area contributed by atoms with E-state index in [2.05, 4.69) is 26.8 Å². The van der Waals surface area contributed by atoms with Gasteiger partial charge in [0.2, 0.25) is 0 Å². The van der Waals surface area contributed by atoms with Crippen LogP contribution in [0.5, 0.6) is 0 Å². The van der Waals surface area contributed by atoms with E-state index < -0.39 is 0 Å². The average Bonchev–Trinajstić information content (AvgIpc) is 2.36. The maximum Gasteiger partial charge on any atom is 0.0441 e. The molecule has 4 heteroatoms. The molecular weight excluding hydrogens is 257 g/mol. The Balaban J connectivity index is 0.000000509. The summed E-state index contributed by atoms with van der Waals surface area (Å²) < 4.78 is 0. The van der Waals surface area contributed by atoms with Gasteiger partial charge in [0, 0.05) is 11.1 Å². The molecule has 2 rings (SSSR count). The van der Waals surface area contributed by atoms with Crippen molar-refractivity contribution < 1.29 is 0 Å². The highest BCUT2D eigenvalue weighted by Crippen LogP contribution is 2.32. The van der Waals surface area contributed by atoms with Gasteiger partial charge in [-0.05, 0) is 36.5 Å². The minimum atomic E-state index is 0.201. The second-order valence-electron chi connectivity index (χ2n) is 3.31. The molecular formula is C12H21ClNPS. The Morgan fingerprint density at radius 2 is 2.00 bits per heavy atom. The largest absolute Gasteiger partial charge is 0.324 e. The van der Waals surface area contributed by atoms with Crippen LogP contribution in [0.15, 0.2) is 18.2 Å². The van der Waals surface area contributed by atoms with Crippen LogP contribution in [0.4, 0.5) is 0 Å². The Kier molecular flexibility index (Phi) is 9.44. The van der Waals surface area contributed by atoms with Gasteiger partial charge in [-0.2, -0.15) is 12.2 Å². The summed E-state index contributed by atoms with van der Waals surface area (Å²) >= 11 is 9.50. The highest BCUT2D eigenvalue weighted by Gasteiger charge is 2.17. The zero-order valence-electron chi connectivity index (χ0n) is 9.91. The highest BCUT2D eigenvalue weighted by molar-refractivity contribution is 8.31. The van der Waals surface area contributed by atoms with Gasteiger partial charge in [0.1, 0.15) is 0 Å². The molecule has 1 aliphatic rings. The molecule has 92 valence electrons. The predicted molar refractivity (Wildman–Crippen MR) is 81.4 cm³/mol. The molecule has 1 unspecified atom stereocenters. The lowest BCUT2D eigenvalue weighted by Crippen LogP contribution is -2.17. The molecule has 0 saturated carbocycles. The average molecular weight is 278 g/mol. The van der Waals surface area contributed by atoms with Crippen molar-refractivity contribution in [1.82, 2.24) is 0 Å². The van der Waals surface area contributed by atoms with E-state index in [-0.39, 0.29) is 6.04 Å². The van der Waals surface area contributed by atoms with E-state index in [1.165, 1.54) is 11.1 Å². The number of fused-ring (bicyclic) bond motifs is 1. The summed E-state index contributed by atoms with van der Waals surface area (Å²) in [5, 5.41) is 0.877. The van der Waals surface area contributed by atoms with E-state index in [0.717, 1.165) is 24.3 Å². The van der Waals surface area contributed by atoms with Gasteiger partial charge < -0.3 is 5.73 Å². The first kappa shape index (κ1) is 16.2. The van der Waals surface area contributed by atoms with Gasteiger partial charge in [-0.1, -0.05) is 46.0 Å². The zero-order valence-corrected chi connectivity index (χ0v) is 12.7. The Morgan fingerprint density at radius 1 is 1.38 bits per heavy atom. The van der Waals surface area contributed by atoms with Gasteiger partial charge in [0.15, 0.2) is 0 Å². The molecule has 0 aromatic heterocycles. The summed E-state index contributed by atoms with van der Waals surface area (Å²) in [5.74, 6) is 0. The lowest BCUT2D eigenvalue weighted by Gasteiger charge is -2.22. The monoisotopic (exact) mass is 277 g/mol. The van der Waals surface area contributed by atoms with Crippen LogP contribution in [0.3, 0.4) is 0 Å². The second kappa shape index (κ2) is 9.30. The van der Waals surface area contributed by atoms with Crippen LogP contribution < -0.4 is 5.73 Å². The highest BCUT2D eigenvalue weighted by atomic mass is 35.5. The van der Waals surface area contributed by atoms with Gasteiger partial charge in [0.05, 0.1) is 0 Å². The van der Waals surface area contributed by atoms with Crippen LogP contribution >= 0.6 is 32.3 Å². The lowest BCUT2D eigenvalue weighted by molar-refractivity contribution is 0.570. The summed E-state index contributed by atoms with van der Waals surface area (Å²) in [6.07, 6.45) is 3.34. The van der Waals surface area contributed by atoms with Gasteiger partial charge in [0.25, 0.3) is 0 Å². The standard InChI is InChI=1S/C10H12ClN.C2H6.H3PS/c11-9-5-1-4-8-7(9)3-2-6-10(8)12;2*1-2/h1,4-5,10H,2-3,6,12H2;1-2H3;2H,1H2/t10-;;/m0../s1. The Morgan fingerprint density at radius 3 is 2.56 bits per heavy atom. The molecule has 1 aliphatic carbocycles. The fraction of sp³-hybridized carbons (Fsp3) is 0.500. The van der Waals surface area contributed by atoms with Crippen LogP contribution in [0.25, 0.3) is 0 Å². The lowest BCUT2D eigenvalue weighted by atomic mass is 9.88. The van der Waals surface area contributed by atoms with E-state index >= 15 is 0 Å². The van der Waals surface area contributed by atoms with Crippen molar-refractivity contribution in [2.75, 3.05) is 0 Å². The molecule has 0 heterocycles. The second-order valence-corrected chi connectivity index (χ2v) is 3.71. The Labute approximate surface area is 112 Å². The maximum atomic E-state index is 6.05. The van der Waals surface area contributed by atoms with Crippen LogP contribution in [0.1, 0.15) is 43.9 Å². The molecule has 0 aliphatic heterocycles. The fourth-order valence-electron chi connectivity index (χ4n) is 1.84. The summed E-state index contributed by atoms with van der Waals surface area (Å²) in [5.41, 5.74) is 8.46. The van der Waals surface area contributed by atoms with Crippen molar-refractivity contribution >= 4 is 32.3 Å². The van der Waals surface area contributed by atoms with Gasteiger partial charge >= 0.3 is 0 Å². The van der Waals surface area contributed by atoms with Crippen molar-refractivity contribution in [2.45, 2.75) is 39.2 Å². The van der Waals surface area contributed by atoms with Gasteiger partial charge in [-0.3, -0.25) is 0 Å². The van der Waals surface area contributed by atoms with E-state index in [9.17, 15) is 0 Å². The SMILES string of the molecule is CC.N[C@H]1CCCc2c(Cl)cccc21.PS. The molecule has 16 heavy (non-hydrogen) atoms. The molecule has 0 radical (unpaired) electrons. The van der Waals surface area contributed by atoms with Crippen molar-refractivity contribution in [2.24, 2.45) is 5.73 Å². The smallest absolute Gasteiger partial charge is 0.0441 e. The first-order valence-corrected chi connectivity index (χ1v) is 8.02. The van der Waals surface area contributed by atoms with Crippen LogP contribution in [-0.2, 0) is 6.42 Å². The normalized spacial score (nSPS) is 17.2. The zero-order chi connectivity index (χ0) is 12.6. The molecule has 0 fully saturated rings. The third-order valence-electron chi connectivity index (χ3n) is 2.50. The molecule has 0 bridgehead atoms. The van der Waals surface area contributed by atoms with Crippen molar-refractivity contribution in [3.63, 3.8) is 0 Å². The summed E-state index contributed by atoms with van der Waals surface area (Å²) in [6.45, 7) is 4.00. The molecule has 2 N–H and O–H groups in total. The molecule has 0 saturated heterocycles. The molecule has 1 aromatic carbocycles. The summed E-state index contributed by atoms with van der Waals surface area (Å²) in [6, 6.07) is 6.21. The van der Waals surface area contributed by atoms with Gasteiger partial charge in [-0.15, -0.1) is 0 Å². The molecule has 1 nitrogen and oxygen atoms in total. The minimum absolute atomic E-state index is 0.201. The number of halogens is 1. The number of rotatable bonds is 0. The molecule has 0 amide bonds. The first-order valence-electron chi connectivity index (χ1n) is 5.58. The van der Waals surface area contributed by atoms with Crippen molar-refractivity contribution in [3.8, 4) is 0 Å². The van der Waals surface area contributed by atoms with E-state index in [0.29, 0.717) is 0 Å². The van der Waals surface area contributed by atoms with Crippen LogP contribution in [0.2, 0.25) is 5.02 Å². The molecule has 2 atom stereocenters. The van der Waals surface area contributed by atoms with Crippen molar-refractivity contribution in [3.05, 3.63) is 34.3 Å². The third-order valence-corrected chi connectivity index (χ3v) is 2.85.